The van der Waals surface area contributed by atoms with Crippen molar-refractivity contribution in [3.63, 3.8) is 0 Å². The van der Waals surface area contributed by atoms with Crippen LogP contribution >= 0.6 is 0 Å². The maximum absolute atomic E-state index is 11.3. The van der Waals surface area contributed by atoms with Crippen molar-refractivity contribution in [1.82, 2.24) is 5.32 Å². The lowest BCUT2D eigenvalue weighted by Crippen LogP contribution is -2.69. The van der Waals surface area contributed by atoms with Gasteiger partial charge in [-0.2, -0.15) is 0 Å². The third-order valence-corrected chi connectivity index (χ3v) is 12.7. The van der Waals surface area contributed by atoms with Crippen LogP contribution in [0.2, 0.25) is 0 Å². The maximum Gasteiger partial charge on any atom is 0.187 e. The molecule has 6 aliphatic rings. The molecule has 0 aromatic heterocycles. The van der Waals surface area contributed by atoms with Crippen LogP contribution < -0.4 is 5.32 Å². The van der Waals surface area contributed by atoms with Gasteiger partial charge in [0.25, 0.3) is 0 Å². The van der Waals surface area contributed by atoms with Crippen molar-refractivity contribution >= 4 is 0 Å². The molecule has 0 unspecified atom stereocenters. The zero-order valence-corrected chi connectivity index (χ0v) is 35.0. The normalized spacial score (nSPS) is 52.8. The predicted octanol–water partition coefficient (Wildman–Crippen LogP) is -12.9. The molecular weight excluding hydrogens is 906 g/mol. The van der Waals surface area contributed by atoms with Crippen LogP contribution in [-0.4, -0.2) is 308 Å². The molecule has 0 aromatic carbocycles. The molecule has 20 N–H and O–H groups in total. The van der Waals surface area contributed by atoms with Gasteiger partial charge in [0.15, 0.2) is 31.5 Å². The molecule has 384 valence electrons. The van der Waals surface area contributed by atoms with Crippen LogP contribution in [0.15, 0.2) is 11.6 Å². The molecule has 5 saturated heterocycles. The van der Waals surface area contributed by atoms with Crippen molar-refractivity contribution in [2.45, 2.75) is 185 Å². The minimum atomic E-state index is -2.10. The fourth-order valence-electron chi connectivity index (χ4n) is 8.78. The average Bonchev–Trinajstić information content (AvgIpc) is 3.30. The first-order valence-corrected chi connectivity index (χ1v) is 21.2. The highest BCUT2D eigenvalue weighted by atomic mass is 16.8. The molecule has 5 heterocycles. The molecule has 29 atom stereocenters. The van der Waals surface area contributed by atoms with Crippen LogP contribution in [0.4, 0.5) is 0 Å². The second-order valence-corrected chi connectivity index (χ2v) is 17.0. The van der Waals surface area contributed by atoms with Crippen molar-refractivity contribution in [2.24, 2.45) is 0 Å². The standard InChI is InChI=1S/C37H63NO28/c1-8-15(38-10-2-9(3-39)29(20(48)16(10)44)63-35-26(54)19(47)17(45)11(4-40)60-35)18(46)25(53)34(58-8)64-31-13(6-42)61-37(27(55)22(31)50)66-32-14(7-43)62-36(28(56)23(32)51)65-30-12(5-41)59-33(57)24(52)21(30)49/h2,8,10-57H,3-7H2,1H3/t8-,10-,11-,12+,13+,14+,15-,16+,17-,18+,19+,20-,21+,22+,23+,24+,25-,26-,27+,28+,29-,30+,31+,32+,33+,34+,35+,36-,37-/m0/s1. The lowest BCUT2D eigenvalue weighted by Gasteiger charge is -2.49. The van der Waals surface area contributed by atoms with E-state index in [2.05, 4.69) is 5.32 Å². The zero-order valence-electron chi connectivity index (χ0n) is 35.0. The number of ether oxygens (including phenoxy) is 9. The minimum Gasteiger partial charge on any atom is -0.394 e. The van der Waals surface area contributed by atoms with E-state index in [4.69, 9.17) is 42.6 Å². The lowest BCUT2D eigenvalue weighted by molar-refractivity contribution is -0.385. The van der Waals surface area contributed by atoms with Crippen LogP contribution in [0.5, 0.6) is 0 Å². The van der Waals surface area contributed by atoms with E-state index in [9.17, 15) is 97.0 Å². The summed E-state index contributed by atoms with van der Waals surface area (Å²) in [4.78, 5) is 0. The Morgan fingerprint density at radius 3 is 1.32 bits per heavy atom. The van der Waals surface area contributed by atoms with Gasteiger partial charge in [-0.15, -0.1) is 0 Å². The van der Waals surface area contributed by atoms with Crippen molar-refractivity contribution in [1.29, 1.82) is 0 Å². The molecule has 66 heavy (non-hydrogen) atoms. The summed E-state index contributed by atoms with van der Waals surface area (Å²) in [7, 11) is 0. The van der Waals surface area contributed by atoms with Gasteiger partial charge in [0.2, 0.25) is 0 Å². The average molecular weight is 970 g/mol. The van der Waals surface area contributed by atoms with E-state index >= 15 is 0 Å². The van der Waals surface area contributed by atoms with E-state index in [1.807, 2.05) is 0 Å². The SMILES string of the molecule is C[C@@H]1O[C@H](O[C@H]2[C@H](O)[C@@H](O)[C@H](O[C@H]3[C@H](O)[C@@H](O)[C@H](O[C@H]4[C@H](O)[C@@H](O)[C@H](O)O[C@@H]4CO)O[C@@H]3CO)O[C@@H]2CO)[C@@H](O)[C@H](O)[C@H]1N[C@H]1C=C(CO)[C@H](O[C@H]2O[C@@H](CO)[C@H](O)[C@@H](O)[C@@H]2O)[C@@H](O)[C@@H]1O. The Bertz CT molecular complexity index is 1550. The second-order valence-electron chi connectivity index (χ2n) is 17.0. The first-order valence-electron chi connectivity index (χ1n) is 21.2. The Balaban J connectivity index is 1.07. The van der Waals surface area contributed by atoms with Gasteiger partial charge in [0.05, 0.1) is 51.2 Å². The van der Waals surface area contributed by atoms with E-state index in [0.29, 0.717) is 0 Å². The maximum atomic E-state index is 11.3. The number of aliphatic hydroxyl groups is 19. The third kappa shape index (κ3) is 10.7. The van der Waals surface area contributed by atoms with E-state index in [-0.39, 0.29) is 5.57 Å². The summed E-state index contributed by atoms with van der Waals surface area (Å²) < 4.78 is 49.9. The zero-order chi connectivity index (χ0) is 48.6. The van der Waals surface area contributed by atoms with Gasteiger partial charge in [-0.3, -0.25) is 0 Å². The Labute approximate surface area is 374 Å². The smallest absolute Gasteiger partial charge is 0.187 e. The molecule has 0 saturated carbocycles. The highest BCUT2D eigenvalue weighted by Crippen LogP contribution is 2.35. The van der Waals surface area contributed by atoms with Crippen LogP contribution in [0.1, 0.15) is 6.92 Å². The number of hydrogen-bond acceptors (Lipinski definition) is 29. The Morgan fingerprint density at radius 2 is 0.833 bits per heavy atom. The molecule has 29 nitrogen and oxygen atoms in total. The first kappa shape index (κ1) is 53.9. The monoisotopic (exact) mass is 969 g/mol. The van der Waals surface area contributed by atoms with Crippen LogP contribution in [0, 0.1) is 0 Å². The van der Waals surface area contributed by atoms with E-state index < -0.39 is 211 Å². The quantitative estimate of drug-likeness (QED) is 0.0678. The Kier molecular flexibility index (Phi) is 18.6. The predicted molar refractivity (Wildman–Crippen MR) is 203 cm³/mol. The molecule has 5 aliphatic heterocycles. The molecule has 0 radical (unpaired) electrons. The number of aliphatic hydroxyl groups excluding tert-OH is 19. The topological polar surface area (TPSA) is 479 Å². The van der Waals surface area contributed by atoms with E-state index in [1.54, 1.807) is 0 Å². The molecule has 0 bridgehead atoms. The van der Waals surface area contributed by atoms with Crippen molar-refractivity contribution in [2.75, 3.05) is 33.0 Å². The second kappa shape index (κ2) is 22.8. The summed E-state index contributed by atoms with van der Waals surface area (Å²) in [6.07, 6.45) is -46.8. The third-order valence-electron chi connectivity index (χ3n) is 12.7. The summed E-state index contributed by atoms with van der Waals surface area (Å²) in [5, 5.41) is 202. The molecule has 5 fully saturated rings. The largest absolute Gasteiger partial charge is 0.394 e. The summed E-state index contributed by atoms with van der Waals surface area (Å²) in [5.74, 6) is 0. The van der Waals surface area contributed by atoms with Crippen molar-refractivity contribution < 1.29 is 140 Å². The van der Waals surface area contributed by atoms with Gasteiger partial charge >= 0.3 is 0 Å². The summed E-state index contributed by atoms with van der Waals surface area (Å²) in [5.41, 5.74) is -0.0801. The highest BCUT2D eigenvalue weighted by Gasteiger charge is 2.56. The molecule has 0 spiro atoms. The Morgan fingerprint density at radius 1 is 0.424 bits per heavy atom. The Hall–Kier alpha value is -1.42. The van der Waals surface area contributed by atoms with Gasteiger partial charge in [0.1, 0.15) is 128 Å². The van der Waals surface area contributed by atoms with Gasteiger partial charge in [-0.1, -0.05) is 6.08 Å². The number of rotatable bonds is 15. The molecular formula is C37H63NO28. The van der Waals surface area contributed by atoms with Crippen LogP contribution in [0.25, 0.3) is 0 Å². The van der Waals surface area contributed by atoms with Crippen LogP contribution in [-0.2, 0) is 42.6 Å². The van der Waals surface area contributed by atoms with Crippen molar-refractivity contribution in [3.8, 4) is 0 Å². The van der Waals surface area contributed by atoms with Gasteiger partial charge in [0, 0.05) is 0 Å². The van der Waals surface area contributed by atoms with Gasteiger partial charge in [-0.05, 0) is 12.5 Å². The summed E-state index contributed by atoms with van der Waals surface area (Å²) in [6.45, 7) is -2.92. The first-order chi connectivity index (χ1) is 31.2. The molecule has 0 amide bonds. The number of nitrogens with one attached hydrogen (secondary N) is 1. The van der Waals surface area contributed by atoms with Gasteiger partial charge in [-0.25, -0.2) is 0 Å². The fourth-order valence-corrected chi connectivity index (χ4v) is 8.78. The van der Waals surface area contributed by atoms with E-state index in [1.165, 1.54) is 13.0 Å². The minimum absolute atomic E-state index is 0.0801. The molecule has 0 aromatic rings. The highest BCUT2D eigenvalue weighted by molar-refractivity contribution is 5.23. The van der Waals surface area contributed by atoms with E-state index in [0.717, 1.165) is 0 Å². The number of hydrogen-bond donors (Lipinski definition) is 20. The fraction of sp³-hybridized carbons (Fsp3) is 0.946. The molecule has 29 heteroatoms. The molecule has 6 rings (SSSR count). The lowest BCUT2D eigenvalue weighted by atomic mass is 9.86. The summed E-state index contributed by atoms with van der Waals surface area (Å²) in [6, 6.07) is -2.55. The molecule has 1 aliphatic carbocycles. The van der Waals surface area contributed by atoms with Crippen molar-refractivity contribution in [3.05, 3.63) is 11.6 Å². The van der Waals surface area contributed by atoms with Crippen LogP contribution in [0.3, 0.4) is 0 Å². The van der Waals surface area contributed by atoms with Gasteiger partial charge < -0.3 is 145 Å². The summed E-state index contributed by atoms with van der Waals surface area (Å²) >= 11 is 0.